The lowest BCUT2D eigenvalue weighted by Crippen LogP contribution is -2.37. The molecule has 2 nitrogen and oxygen atoms in total. The lowest BCUT2D eigenvalue weighted by molar-refractivity contribution is -0.0448. The van der Waals surface area contributed by atoms with Gasteiger partial charge >= 0.3 is 0 Å². The summed E-state index contributed by atoms with van der Waals surface area (Å²) in [5, 5.41) is 0. The molecule has 3 heteroatoms. The van der Waals surface area contributed by atoms with Crippen LogP contribution in [0.3, 0.4) is 0 Å². The van der Waals surface area contributed by atoms with Crippen LogP contribution in [0.4, 0.5) is 0 Å². The van der Waals surface area contributed by atoms with Crippen LogP contribution in [0, 0.1) is 0 Å². The van der Waals surface area contributed by atoms with Crippen molar-refractivity contribution in [2.45, 2.75) is 37.9 Å². The van der Waals surface area contributed by atoms with Gasteiger partial charge in [-0.2, -0.15) is 0 Å². The lowest BCUT2D eigenvalue weighted by atomic mass is 10.0. The fourth-order valence-electron chi connectivity index (χ4n) is 2.24. The number of hydrogen-bond acceptors (Lipinski definition) is 2. The highest BCUT2D eigenvalue weighted by Gasteiger charge is 2.33. The summed E-state index contributed by atoms with van der Waals surface area (Å²) < 4.78 is 7.13. The smallest absolute Gasteiger partial charge is 0.0808 e. The molecule has 0 radical (unpaired) electrons. The molecule has 1 aromatic carbocycles. The van der Waals surface area contributed by atoms with E-state index in [1.165, 1.54) is 18.4 Å². The summed E-state index contributed by atoms with van der Waals surface area (Å²) in [5.74, 6) is 0. The third kappa shape index (κ3) is 2.84. The maximum Gasteiger partial charge on any atom is 0.0808 e. The van der Waals surface area contributed by atoms with Gasteiger partial charge in [-0.25, -0.2) is 0 Å². The standard InChI is InChI=1S/C13H18BrNO/c14-12-5-3-11(4-6-12)9-16-13(10-15)7-1-2-8-13/h3-6H,1-2,7-10,15H2. The van der Waals surface area contributed by atoms with Gasteiger partial charge in [0.15, 0.2) is 0 Å². The van der Waals surface area contributed by atoms with E-state index in [1.54, 1.807) is 0 Å². The normalized spacial score (nSPS) is 18.9. The van der Waals surface area contributed by atoms with Crippen LogP contribution in [0.5, 0.6) is 0 Å². The van der Waals surface area contributed by atoms with Gasteiger partial charge < -0.3 is 10.5 Å². The third-order valence-electron chi connectivity index (χ3n) is 3.35. The molecule has 0 heterocycles. The predicted molar refractivity (Wildman–Crippen MR) is 69.2 cm³/mol. The molecule has 1 fully saturated rings. The van der Waals surface area contributed by atoms with E-state index in [0.29, 0.717) is 13.2 Å². The number of benzene rings is 1. The highest BCUT2D eigenvalue weighted by molar-refractivity contribution is 9.10. The van der Waals surface area contributed by atoms with Crippen molar-refractivity contribution in [2.24, 2.45) is 5.73 Å². The van der Waals surface area contributed by atoms with Gasteiger partial charge in [-0.3, -0.25) is 0 Å². The Bertz CT molecular complexity index is 330. The van der Waals surface area contributed by atoms with Gasteiger partial charge in [-0.1, -0.05) is 40.9 Å². The van der Waals surface area contributed by atoms with Gasteiger partial charge in [0, 0.05) is 11.0 Å². The molecule has 2 rings (SSSR count). The molecule has 1 aliphatic rings. The molecule has 88 valence electrons. The fraction of sp³-hybridized carbons (Fsp3) is 0.538. The fourth-order valence-corrected chi connectivity index (χ4v) is 2.51. The molecule has 2 N–H and O–H groups in total. The number of rotatable bonds is 4. The van der Waals surface area contributed by atoms with Crippen molar-refractivity contribution in [3.63, 3.8) is 0 Å². The molecule has 1 aliphatic carbocycles. The van der Waals surface area contributed by atoms with Crippen molar-refractivity contribution in [1.29, 1.82) is 0 Å². The first-order valence-electron chi connectivity index (χ1n) is 5.83. The number of ether oxygens (including phenoxy) is 1. The SMILES string of the molecule is NCC1(OCc2ccc(Br)cc2)CCCC1. The van der Waals surface area contributed by atoms with Crippen molar-refractivity contribution < 1.29 is 4.74 Å². The largest absolute Gasteiger partial charge is 0.369 e. The van der Waals surface area contributed by atoms with Crippen LogP contribution in [0.1, 0.15) is 31.2 Å². The second-order valence-corrected chi connectivity index (χ2v) is 5.43. The van der Waals surface area contributed by atoms with E-state index in [1.807, 2.05) is 12.1 Å². The third-order valence-corrected chi connectivity index (χ3v) is 3.87. The van der Waals surface area contributed by atoms with Gasteiger partial charge in [0.2, 0.25) is 0 Å². The van der Waals surface area contributed by atoms with Crippen molar-refractivity contribution in [3.8, 4) is 0 Å². The quantitative estimate of drug-likeness (QED) is 0.921. The summed E-state index contributed by atoms with van der Waals surface area (Å²) >= 11 is 3.43. The zero-order valence-corrected chi connectivity index (χ0v) is 11.0. The Balaban J connectivity index is 1.93. The molecular formula is C13H18BrNO. The second kappa shape index (κ2) is 5.30. The second-order valence-electron chi connectivity index (χ2n) is 4.51. The first kappa shape index (κ1) is 12.1. The van der Waals surface area contributed by atoms with Crippen LogP contribution in [0.25, 0.3) is 0 Å². The zero-order chi connectivity index (χ0) is 11.4. The van der Waals surface area contributed by atoms with E-state index in [2.05, 4.69) is 28.1 Å². The van der Waals surface area contributed by atoms with E-state index >= 15 is 0 Å². The molecule has 0 bridgehead atoms. The zero-order valence-electron chi connectivity index (χ0n) is 9.42. The van der Waals surface area contributed by atoms with Crippen LogP contribution in [0.2, 0.25) is 0 Å². The van der Waals surface area contributed by atoms with Crippen molar-refractivity contribution >= 4 is 15.9 Å². The topological polar surface area (TPSA) is 35.2 Å². The van der Waals surface area contributed by atoms with Crippen LogP contribution in [-0.2, 0) is 11.3 Å². The molecule has 0 saturated heterocycles. The molecule has 0 atom stereocenters. The molecule has 0 amide bonds. The van der Waals surface area contributed by atoms with Crippen molar-refractivity contribution in [2.75, 3.05) is 6.54 Å². The molecule has 0 aliphatic heterocycles. The van der Waals surface area contributed by atoms with Gasteiger partial charge in [-0.15, -0.1) is 0 Å². The maximum absolute atomic E-state index is 6.03. The van der Waals surface area contributed by atoms with E-state index in [9.17, 15) is 0 Å². The Kier molecular flexibility index (Phi) is 4.00. The van der Waals surface area contributed by atoms with Crippen molar-refractivity contribution in [1.82, 2.24) is 0 Å². The van der Waals surface area contributed by atoms with Crippen LogP contribution in [-0.4, -0.2) is 12.1 Å². The van der Waals surface area contributed by atoms with Crippen LogP contribution in [0.15, 0.2) is 28.7 Å². The molecule has 0 spiro atoms. The lowest BCUT2D eigenvalue weighted by Gasteiger charge is -2.27. The number of hydrogen-bond donors (Lipinski definition) is 1. The van der Waals surface area contributed by atoms with Gasteiger partial charge in [-0.05, 0) is 30.5 Å². The molecule has 1 aromatic rings. The van der Waals surface area contributed by atoms with Gasteiger partial charge in [0.1, 0.15) is 0 Å². The monoisotopic (exact) mass is 283 g/mol. The first-order valence-corrected chi connectivity index (χ1v) is 6.62. The molecule has 1 saturated carbocycles. The summed E-state index contributed by atoms with van der Waals surface area (Å²) in [6.07, 6.45) is 4.72. The first-order chi connectivity index (χ1) is 7.74. The van der Waals surface area contributed by atoms with Gasteiger partial charge in [0.25, 0.3) is 0 Å². The van der Waals surface area contributed by atoms with E-state index < -0.39 is 0 Å². The highest BCUT2D eigenvalue weighted by atomic mass is 79.9. The molecule has 16 heavy (non-hydrogen) atoms. The van der Waals surface area contributed by atoms with E-state index in [-0.39, 0.29) is 5.60 Å². The predicted octanol–water partition coefficient (Wildman–Crippen LogP) is 3.24. The van der Waals surface area contributed by atoms with Crippen LogP contribution < -0.4 is 5.73 Å². The summed E-state index contributed by atoms with van der Waals surface area (Å²) in [6, 6.07) is 8.26. The Morgan fingerprint density at radius 1 is 1.19 bits per heavy atom. The maximum atomic E-state index is 6.03. The van der Waals surface area contributed by atoms with E-state index in [4.69, 9.17) is 10.5 Å². The minimum absolute atomic E-state index is 0.0485. The summed E-state index contributed by atoms with van der Waals surface area (Å²) in [5.41, 5.74) is 6.99. The Labute approximate surface area is 105 Å². The average molecular weight is 284 g/mol. The van der Waals surface area contributed by atoms with Crippen LogP contribution >= 0.6 is 15.9 Å². The average Bonchev–Trinajstić information content (AvgIpc) is 2.78. The van der Waals surface area contributed by atoms with Gasteiger partial charge in [0.05, 0.1) is 12.2 Å². The summed E-state index contributed by atoms with van der Waals surface area (Å²) in [4.78, 5) is 0. The minimum Gasteiger partial charge on any atom is -0.369 e. The molecular weight excluding hydrogens is 266 g/mol. The minimum atomic E-state index is -0.0485. The Morgan fingerprint density at radius 2 is 1.81 bits per heavy atom. The Hall–Kier alpha value is -0.380. The summed E-state index contributed by atoms with van der Waals surface area (Å²) in [7, 11) is 0. The summed E-state index contributed by atoms with van der Waals surface area (Å²) in [6.45, 7) is 1.31. The number of nitrogens with two attached hydrogens (primary N) is 1. The highest BCUT2D eigenvalue weighted by Crippen LogP contribution is 2.33. The number of halogens is 1. The van der Waals surface area contributed by atoms with Crippen molar-refractivity contribution in [3.05, 3.63) is 34.3 Å². The molecule has 0 unspecified atom stereocenters. The Morgan fingerprint density at radius 3 is 2.38 bits per heavy atom. The van der Waals surface area contributed by atoms with E-state index in [0.717, 1.165) is 17.3 Å². The molecule has 0 aromatic heterocycles.